The van der Waals surface area contributed by atoms with Crippen LogP contribution in [0.15, 0.2) is 42.6 Å². The van der Waals surface area contributed by atoms with Crippen molar-refractivity contribution >= 4 is 39.8 Å². The van der Waals surface area contributed by atoms with Crippen molar-refractivity contribution in [2.45, 2.75) is 45.8 Å². The maximum Gasteiger partial charge on any atom is 0.217 e. The van der Waals surface area contributed by atoms with Crippen molar-refractivity contribution in [2.24, 2.45) is 0 Å². The summed E-state index contributed by atoms with van der Waals surface area (Å²) in [5, 5.41) is 4.07. The van der Waals surface area contributed by atoms with Crippen molar-refractivity contribution < 1.29 is 9.53 Å². The fourth-order valence-corrected chi connectivity index (χ4v) is 5.40. The summed E-state index contributed by atoms with van der Waals surface area (Å²) in [6, 6.07) is 12.7. The van der Waals surface area contributed by atoms with Crippen LogP contribution in [-0.2, 0) is 11.2 Å². The molecular formula is C23H23IN2O2S. The average molecular weight is 518 g/mol. The first-order valence-corrected chi connectivity index (χ1v) is 11.6. The Labute approximate surface area is 188 Å². The smallest absolute Gasteiger partial charge is 0.217 e. The number of carbonyl (C=O) groups excluding carboxylic acids is 1. The molecule has 6 heteroatoms. The zero-order chi connectivity index (χ0) is 20.5. The number of halogens is 1. The Bertz CT molecular complexity index is 1060. The zero-order valence-corrected chi connectivity index (χ0v) is 19.6. The number of rotatable bonds is 5. The Morgan fingerprint density at radius 1 is 1.31 bits per heavy atom. The molecule has 0 radical (unpaired) electrons. The second kappa shape index (κ2) is 8.44. The Morgan fingerprint density at radius 3 is 2.86 bits per heavy atom. The predicted octanol–water partition coefficient (Wildman–Crippen LogP) is 5.99. The van der Waals surface area contributed by atoms with Gasteiger partial charge in [0.25, 0.3) is 0 Å². The van der Waals surface area contributed by atoms with Gasteiger partial charge in [-0.15, -0.1) is 11.3 Å². The summed E-state index contributed by atoms with van der Waals surface area (Å²) in [5.74, 6) is 0.929. The molecule has 1 amide bonds. The highest BCUT2D eigenvalue weighted by Crippen LogP contribution is 2.41. The van der Waals surface area contributed by atoms with E-state index < -0.39 is 0 Å². The van der Waals surface area contributed by atoms with Crippen molar-refractivity contribution in [1.82, 2.24) is 10.3 Å². The van der Waals surface area contributed by atoms with E-state index in [4.69, 9.17) is 9.72 Å². The normalized spacial score (nSPS) is 15.4. The number of fused-ring (bicyclic) bond motifs is 1. The molecule has 3 aromatic rings. The summed E-state index contributed by atoms with van der Waals surface area (Å²) in [4.78, 5) is 17.4. The van der Waals surface area contributed by atoms with Crippen molar-refractivity contribution in [3.05, 3.63) is 57.3 Å². The van der Waals surface area contributed by atoms with Gasteiger partial charge < -0.3 is 10.1 Å². The van der Waals surface area contributed by atoms with Gasteiger partial charge in [0.15, 0.2) is 0 Å². The first-order chi connectivity index (χ1) is 13.9. The number of aromatic nitrogens is 1. The van der Waals surface area contributed by atoms with E-state index in [0.29, 0.717) is 0 Å². The van der Waals surface area contributed by atoms with E-state index in [2.05, 4.69) is 58.2 Å². The number of carbonyl (C=O) groups is 1. The third-order valence-corrected chi connectivity index (χ3v) is 6.88. The van der Waals surface area contributed by atoms with Gasteiger partial charge in [0, 0.05) is 18.7 Å². The highest BCUT2D eigenvalue weighted by Gasteiger charge is 2.26. The van der Waals surface area contributed by atoms with Gasteiger partial charge >= 0.3 is 0 Å². The van der Waals surface area contributed by atoms with Gasteiger partial charge in [-0.1, -0.05) is 18.2 Å². The summed E-state index contributed by atoms with van der Waals surface area (Å²) >= 11 is 4.02. The molecule has 4 rings (SSSR count). The molecule has 4 nitrogen and oxygen atoms in total. The Morgan fingerprint density at radius 2 is 2.14 bits per heavy atom. The number of nitrogens with one attached hydrogen (secondary N) is 1. The fraction of sp³-hybridized carbons (Fsp3) is 0.304. The number of hydrogen-bond donors (Lipinski definition) is 1. The molecule has 1 atom stereocenters. The molecule has 0 aliphatic heterocycles. The molecule has 1 aliphatic carbocycles. The minimum Gasteiger partial charge on any atom is -0.490 e. The van der Waals surface area contributed by atoms with Crippen LogP contribution in [-0.4, -0.2) is 17.0 Å². The van der Waals surface area contributed by atoms with Crippen LogP contribution in [0.5, 0.6) is 5.75 Å². The van der Waals surface area contributed by atoms with E-state index in [9.17, 15) is 4.79 Å². The first kappa shape index (κ1) is 20.3. The van der Waals surface area contributed by atoms with Gasteiger partial charge in [-0.25, -0.2) is 4.98 Å². The number of hydrogen-bond acceptors (Lipinski definition) is 4. The summed E-state index contributed by atoms with van der Waals surface area (Å²) in [7, 11) is 0. The maximum atomic E-state index is 11.5. The van der Waals surface area contributed by atoms with Crippen LogP contribution in [0, 0.1) is 3.57 Å². The second-order valence-corrected chi connectivity index (χ2v) is 9.70. The number of ether oxygens (including phenoxy) is 1. The van der Waals surface area contributed by atoms with Crippen LogP contribution >= 0.6 is 33.9 Å². The molecule has 0 saturated heterocycles. The molecule has 0 bridgehead atoms. The lowest BCUT2D eigenvalue weighted by molar-refractivity contribution is -0.119. The van der Waals surface area contributed by atoms with Gasteiger partial charge in [-0.05, 0) is 84.2 Å². The lowest BCUT2D eigenvalue weighted by atomic mass is 10.0. The fourth-order valence-electron chi connectivity index (χ4n) is 3.80. The summed E-state index contributed by atoms with van der Waals surface area (Å²) in [5.41, 5.74) is 4.90. The summed E-state index contributed by atoms with van der Waals surface area (Å²) in [6.07, 6.45) is 4.05. The third kappa shape index (κ3) is 4.33. The third-order valence-electron chi connectivity index (χ3n) is 4.96. The molecule has 1 N–H and O–H groups in total. The molecule has 1 aromatic heterocycles. The van der Waals surface area contributed by atoms with Gasteiger partial charge in [0.2, 0.25) is 5.91 Å². The monoisotopic (exact) mass is 518 g/mol. The van der Waals surface area contributed by atoms with E-state index in [1.165, 1.54) is 16.7 Å². The van der Waals surface area contributed by atoms with Crippen LogP contribution in [0.4, 0.5) is 0 Å². The Hall–Kier alpha value is -1.93. The average Bonchev–Trinajstić information content (AvgIpc) is 3.30. The van der Waals surface area contributed by atoms with Crippen LogP contribution in [0.3, 0.4) is 0 Å². The predicted molar refractivity (Wildman–Crippen MR) is 126 cm³/mol. The first-order valence-electron chi connectivity index (χ1n) is 9.74. The van der Waals surface area contributed by atoms with E-state index >= 15 is 0 Å². The lowest BCUT2D eigenvalue weighted by Gasteiger charge is -2.13. The van der Waals surface area contributed by atoms with Crippen LogP contribution in [0.25, 0.3) is 21.0 Å². The number of thiazole rings is 1. The SMILES string of the molecule is CC(=O)N[C@H]1CCc2c(-c3cnc(-c4ccc(OC(C)C)c(I)c4)s3)cccc21. The molecule has 1 heterocycles. The van der Waals surface area contributed by atoms with Crippen molar-refractivity contribution in [1.29, 1.82) is 0 Å². The zero-order valence-electron chi connectivity index (χ0n) is 16.7. The minimum absolute atomic E-state index is 0.0211. The van der Waals surface area contributed by atoms with Crippen molar-refractivity contribution in [3.8, 4) is 26.8 Å². The van der Waals surface area contributed by atoms with Crippen LogP contribution in [0.1, 0.15) is 44.4 Å². The molecule has 0 saturated carbocycles. The van der Waals surface area contributed by atoms with Crippen molar-refractivity contribution in [3.63, 3.8) is 0 Å². The van der Waals surface area contributed by atoms with E-state index in [-0.39, 0.29) is 18.1 Å². The van der Waals surface area contributed by atoms with Crippen LogP contribution in [0.2, 0.25) is 0 Å². The number of nitrogens with zero attached hydrogens (tertiary/aromatic N) is 1. The van der Waals surface area contributed by atoms with E-state index in [0.717, 1.165) is 37.6 Å². The largest absolute Gasteiger partial charge is 0.490 e. The molecule has 150 valence electrons. The van der Waals surface area contributed by atoms with Crippen molar-refractivity contribution in [2.75, 3.05) is 0 Å². The summed E-state index contributed by atoms with van der Waals surface area (Å²) < 4.78 is 6.93. The molecule has 2 aromatic carbocycles. The molecule has 0 spiro atoms. The maximum absolute atomic E-state index is 11.5. The molecule has 0 unspecified atom stereocenters. The minimum atomic E-state index is 0.0211. The highest BCUT2D eigenvalue weighted by atomic mass is 127. The quantitative estimate of drug-likeness (QED) is 0.422. The second-order valence-electron chi connectivity index (χ2n) is 7.51. The Balaban J connectivity index is 1.63. The Kier molecular flexibility index (Phi) is 5.92. The molecule has 1 aliphatic rings. The van der Waals surface area contributed by atoms with Gasteiger partial charge in [-0.2, -0.15) is 0 Å². The van der Waals surface area contributed by atoms with Gasteiger partial charge in [-0.3, -0.25) is 4.79 Å². The standard InChI is InChI=1S/C23H23IN2O2S/c1-13(2)28-21-10-7-15(11-19(21)24)23-25-12-22(29-23)18-6-4-5-17-16(18)8-9-20(17)26-14(3)27/h4-7,10-13,20H,8-9H2,1-3H3,(H,26,27)/t20-/m0/s1. The molecule has 0 fully saturated rings. The summed E-state index contributed by atoms with van der Waals surface area (Å²) in [6.45, 7) is 5.65. The molecular weight excluding hydrogens is 495 g/mol. The highest BCUT2D eigenvalue weighted by molar-refractivity contribution is 14.1. The van der Waals surface area contributed by atoms with Gasteiger partial charge in [0.1, 0.15) is 10.8 Å². The topological polar surface area (TPSA) is 51.2 Å². The van der Waals surface area contributed by atoms with Crippen LogP contribution < -0.4 is 10.1 Å². The number of benzene rings is 2. The van der Waals surface area contributed by atoms with Gasteiger partial charge in [0.05, 0.1) is 20.6 Å². The molecule has 29 heavy (non-hydrogen) atoms. The van der Waals surface area contributed by atoms with E-state index in [1.54, 1.807) is 18.3 Å². The lowest BCUT2D eigenvalue weighted by Crippen LogP contribution is -2.24. The van der Waals surface area contributed by atoms with E-state index in [1.807, 2.05) is 26.1 Å². The number of amides is 1.